The minimum atomic E-state index is -0.214. The van der Waals surface area contributed by atoms with E-state index in [-0.39, 0.29) is 11.8 Å². The smallest absolute Gasteiger partial charge is 0.221 e. The van der Waals surface area contributed by atoms with E-state index in [0.717, 1.165) is 26.1 Å². The molecule has 0 aliphatic carbocycles. The van der Waals surface area contributed by atoms with Crippen LogP contribution in [-0.4, -0.2) is 36.5 Å². The number of likely N-dealkylation sites (tertiary alicyclic amines) is 1. The summed E-state index contributed by atoms with van der Waals surface area (Å²) in [4.78, 5) is 13.2. The van der Waals surface area contributed by atoms with Gasteiger partial charge in [-0.05, 0) is 25.8 Å². The van der Waals surface area contributed by atoms with Crippen LogP contribution in [0.25, 0.3) is 0 Å². The fourth-order valence-electron chi connectivity index (χ4n) is 2.08. The number of amides is 1. The summed E-state index contributed by atoms with van der Waals surface area (Å²) in [5.74, 6) is 0.312. The maximum absolute atomic E-state index is 10.9. The van der Waals surface area contributed by atoms with Crippen molar-refractivity contribution in [3.05, 3.63) is 0 Å². The van der Waals surface area contributed by atoms with Crippen molar-refractivity contribution >= 4 is 5.91 Å². The van der Waals surface area contributed by atoms with Crippen molar-refractivity contribution in [2.24, 2.45) is 23.3 Å². The summed E-state index contributed by atoms with van der Waals surface area (Å²) >= 11 is 0. The van der Waals surface area contributed by atoms with Crippen molar-refractivity contribution in [1.82, 2.24) is 4.90 Å². The van der Waals surface area contributed by atoms with Crippen LogP contribution in [0.5, 0.6) is 0 Å². The van der Waals surface area contributed by atoms with Crippen LogP contribution in [-0.2, 0) is 4.79 Å². The topological polar surface area (TPSA) is 72.3 Å². The van der Waals surface area contributed by atoms with Crippen molar-refractivity contribution in [2.45, 2.75) is 26.3 Å². The average Bonchev–Trinajstić information content (AvgIpc) is 2.47. The second-order valence-electron chi connectivity index (χ2n) is 4.44. The van der Waals surface area contributed by atoms with Crippen LogP contribution >= 0.6 is 0 Å². The highest BCUT2D eigenvalue weighted by Crippen LogP contribution is 2.22. The maximum atomic E-state index is 10.9. The Morgan fingerprint density at radius 3 is 2.71 bits per heavy atom. The molecule has 4 N–H and O–H groups in total. The van der Waals surface area contributed by atoms with Crippen LogP contribution in [0.3, 0.4) is 0 Å². The van der Waals surface area contributed by atoms with Crippen molar-refractivity contribution in [1.29, 1.82) is 0 Å². The molecule has 4 heteroatoms. The van der Waals surface area contributed by atoms with Gasteiger partial charge in [0.25, 0.3) is 0 Å². The SMILES string of the molecule is CC(CN1CC(CN)CC1C)C(N)=O. The molecular weight excluding hydrogens is 178 g/mol. The molecule has 1 saturated heterocycles. The highest BCUT2D eigenvalue weighted by Gasteiger charge is 2.29. The monoisotopic (exact) mass is 199 g/mol. The summed E-state index contributed by atoms with van der Waals surface area (Å²) in [5.41, 5.74) is 10.9. The molecule has 0 aromatic heterocycles. The van der Waals surface area contributed by atoms with E-state index in [1.807, 2.05) is 6.92 Å². The first-order valence-corrected chi connectivity index (χ1v) is 5.28. The minimum absolute atomic E-state index is 0.0611. The maximum Gasteiger partial charge on any atom is 0.221 e. The second kappa shape index (κ2) is 4.75. The predicted molar refractivity (Wildman–Crippen MR) is 56.6 cm³/mol. The van der Waals surface area contributed by atoms with E-state index in [0.29, 0.717) is 12.0 Å². The molecule has 1 heterocycles. The van der Waals surface area contributed by atoms with Crippen LogP contribution in [0.4, 0.5) is 0 Å². The molecule has 1 fully saturated rings. The predicted octanol–water partition coefficient (Wildman–Crippen LogP) is -0.223. The van der Waals surface area contributed by atoms with Gasteiger partial charge in [-0.25, -0.2) is 0 Å². The van der Waals surface area contributed by atoms with Gasteiger partial charge in [-0.1, -0.05) is 6.92 Å². The van der Waals surface area contributed by atoms with Crippen LogP contribution in [0.2, 0.25) is 0 Å². The lowest BCUT2D eigenvalue weighted by atomic mass is 10.1. The Morgan fingerprint density at radius 2 is 2.29 bits per heavy atom. The molecule has 3 unspecified atom stereocenters. The standard InChI is InChI=1S/C10H21N3O/c1-7(10(12)14)5-13-6-9(4-11)3-8(13)2/h7-9H,3-6,11H2,1-2H3,(H2,12,14). The Hall–Kier alpha value is -0.610. The van der Waals surface area contributed by atoms with Crippen molar-refractivity contribution in [3.8, 4) is 0 Å². The van der Waals surface area contributed by atoms with E-state index >= 15 is 0 Å². The molecule has 1 amide bonds. The molecule has 0 aromatic carbocycles. The summed E-state index contributed by atoms with van der Waals surface area (Å²) in [7, 11) is 0. The lowest BCUT2D eigenvalue weighted by molar-refractivity contribution is -0.121. The largest absolute Gasteiger partial charge is 0.369 e. The van der Waals surface area contributed by atoms with E-state index in [9.17, 15) is 4.79 Å². The Morgan fingerprint density at radius 1 is 1.64 bits per heavy atom. The molecule has 14 heavy (non-hydrogen) atoms. The fraction of sp³-hybridized carbons (Fsp3) is 0.900. The van der Waals surface area contributed by atoms with Crippen LogP contribution in [0.15, 0.2) is 0 Å². The first kappa shape index (κ1) is 11.5. The third-order valence-electron chi connectivity index (χ3n) is 3.12. The summed E-state index contributed by atoms with van der Waals surface area (Å²) in [6.45, 7) is 6.59. The molecule has 82 valence electrons. The highest BCUT2D eigenvalue weighted by molar-refractivity contribution is 5.76. The Labute approximate surface area is 85.6 Å². The molecule has 0 bridgehead atoms. The first-order valence-electron chi connectivity index (χ1n) is 5.28. The van der Waals surface area contributed by atoms with E-state index in [1.165, 1.54) is 0 Å². The van der Waals surface area contributed by atoms with Gasteiger partial charge in [0, 0.05) is 25.0 Å². The second-order valence-corrected chi connectivity index (χ2v) is 4.44. The minimum Gasteiger partial charge on any atom is -0.369 e. The Bertz CT molecular complexity index is 208. The van der Waals surface area contributed by atoms with Crippen molar-refractivity contribution in [2.75, 3.05) is 19.6 Å². The number of carbonyl (C=O) groups excluding carboxylic acids is 1. The van der Waals surface area contributed by atoms with Crippen LogP contribution < -0.4 is 11.5 Å². The summed E-state index contributed by atoms with van der Waals surface area (Å²) in [6.07, 6.45) is 1.14. The molecule has 0 spiro atoms. The van der Waals surface area contributed by atoms with E-state index in [1.54, 1.807) is 0 Å². The number of nitrogens with zero attached hydrogens (tertiary/aromatic N) is 1. The third-order valence-corrected chi connectivity index (χ3v) is 3.12. The van der Waals surface area contributed by atoms with Gasteiger partial charge in [0.2, 0.25) is 5.91 Å². The van der Waals surface area contributed by atoms with Gasteiger partial charge in [-0.3, -0.25) is 9.69 Å². The average molecular weight is 199 g/mol. The Kier molecular flexibility index (Phi) is 3.89. The Balaban J connectivity index is 2.42. The number of rotatable bonds is 4. The van der Waals surface area contributed by atoms with E-state index in [4.69, 9.17) is 11.5 Å². The zero-order chi connectivity index (χ0) is 10.7. The van der Waals surface area contributed by atoms with Gasteiger partial charge in [0.05, 0.1) is 0 Å². The zero-order valence-corrected chi connectivity index (χ0v) is 9.07. The van der Waals surface area contributed by atoms with Gasteiger partial charge < -0.3 is 11.5 Å². The van der Waals surface area contributed by atoms with Gasteiger partial charge in [-0.15, -0.1) is 0 Å². The van der Waals surface area contributed by atoms with Gasteiger partial charge >= 0.3 is 0 Å². The highest BCUT2D eigenvalue weighted by atomic mass is 16.1. The van der Waals surface area contributed by atoms with E-state index in [2.05, 4.69) is 11.8 Å². The fourth-order valence-corrected chi connectivity index (χ4v) is 2.08. The zero-order valence-electron chi connectivity index (χ0n) is 9.07. The summed E-state index contributed by atoms with van der Waals surface area (Å²) < 4.78 is 0. The van der Waals surface area contributed by atoms with Crippen LogP contribution in [0, 0.1) is 11.8 Å². The number of hydrogen-bond acceptors (Lipinski definition) is 3. The molecule has 1 aliphatic rings. The normalized spacial score (nSPS) is 30.5. The lowest BCUT2D eigenvalue weighted by Gasteiger charge is -2.23. The first-order chi connectivity index (χ1) is 6.54. The van der Waals surface area contributed by atoms with Crippen LogP contribution in [0.1, 0.15) is 20.3 Å². The molecule has 1 aliphatic heterocycles. The molecular formula is C10H21N3O. The summed E-state index contributed by atoms with van der Waals surface area (Å²) in [6, 6.07) is 0.533. The molecule has 4 nitrogen and oxygen atoms in total. The number of nitrogens with two attached hydrogens (primary N) is 2. The summed E-state index contributed by atoms with van der Waals surface area (Å²) in [5, 5.41) is 0. The number of primary amides is 1. The van der Waals surface area contributed by atoms with Gasteiger partial charge in [0.1, 0.15) is 0 Å². The number of hydrogen-bond donors (Lipinski definition) is 2. The quantitative estimate of drug-likeness (QED) is 0.657. The van der Waals surface area contributed by atoms with Gasteiger partial charge in [0.15, 0.2) is 0 Å². The van der Waals surface area contributed by atoms with Crippen molar-refractivity contribution < 1.29 is 4.79 Å². The number of carbonyl (C=O) groups is 1. The van der Waals surface area contributed by atoms with Crippen molar-refractivity contribution in [3.63, 3.8) is 0 Å². The molecule has 0 saturated carbocycles. The third kappa shape index (κ3) is 2.69. The molecule has 0 aromatic rings. The lowest BCUT2D eigenvalue weighted by Crippen LogP contribution is -2.37. The molecule has 3 atom stereocenters. The molecule has 1 rings (SSSR count). The van der Waals surface area contributed by atoms with Gasteiger partial charge in [-0.2, -0.15) is 0 Å². The van der Waals surface area contributed by atoms with E-state index < -0.39 is 0 Å². The molecule has 0 radical (unpaired) electrons.